The highest BCUT2D eigenvalue weighted by Gasteiger charge is 2.43. The van der Waals surface area contributed by atoms with Crippen LogP contribution in [0.3, 0.4) is 0 Å². The average Bonchev–Trinajstić information content (AvgIpc) is 3.72. The van der Waals surface area contributed by atoms with E-state index in [1.807, 2.05) is 112 Å². The Kier molecular flexibility index (Phi) is 22.9. The first-order valence-corrected chi connectivity index (χ1v) is 23.4. The summed E-state index contributed by atoms with van der Waals surface area (Å²) in [6, 6.07) is 5.67. The quantitative estimate of drug-likeness (QED) is 0.106. The zero-order valence-corrected chi connectivity index (χ0v) is 41.8. The maximum Gasteiger partial charge on any atom is 0.326 e. The van der Waals surface area contributed by atoms with Crippen LogP contribution in [0.5, 0.6) is 0 Å². The molecule has 0 aliphatic carbocycles. The van der Waals surface area contributed by atoms with Crippen molar-refractivity contribution in [2.45, 2.75) is 157 Å². The number of methoxy groups -OCH3 is 2. The highest BCUT2D eigenvalue weighted by Crippen LogP contribution is 2.30. The fraction of sp³-hybridized carbons (Fsp3) is 0.755. The Morgan fingerprint density at radius 1 is 0.859 bits per heavy atom. The Hall–Kier alpha value is -4.08. The number of carboxylic acid groups (broad SMARTS) is 1. The number of hydrogen-bond acceptors (Lipinski definition) is 9. The van der Waals surface area contributed by atoms with Crippen LogP contribution in [0.15, 0.2) is 30.3 Å². The number of aliphatic carboxylic acids is 1. The number of nitrogens with one attached hydrogen (secondary N) is 2. The van der Waals surface area contributed by atoms with E-state index in [-0.39, 0.29) is 54.2 Å². The second kappa shape index (κ2) is 26.2. The van der Waals surface area contributed by atoms with Gasteiger partial charge in [-0.05, 0) is 62.6 Å². The normalized spacial score (nSPS) is 18.2. The van der Waals surface area contributed by atoms with Crippen molar-refractivity contribution in [3.05, 3.63) is 35.9 Å². The average molecular weight is 901 g/mol. The Labute approximate surface area is 384 Å². The third-order valence-corrected chi connectivity index (χ3v) is 13.0. The zero-order valence-electron chi connectivity index (χ0n) is 41.8. The molecule has 1 heterocycles. The molecule has 5 amide bonds. The molecule has 0 spiro atoms. The van der Waals surface area contributed by atoms with Crippen molar-refractivity contribution in [3.8, 4) is 0 Å². The third kappa shape index (κ3) is 15.8. The summed E-state index contributed by atoms with van der Waals surface area (Å²) in [5, 5.41) is 15.7. The number of rotatable bonds is 26. The van der Waals surface area contributed by atoms with Gasteiger partial charge < -0.3 is 39.9 Å². The van der Waals surface area contributed by atoms with Crippen LogP contribution in [0.25, 0.3) is 0 Å². The van der Waals surface area contributed by atoms with Crippen LogP contribution < -0.4 is 10.6 Å². The van der Waals surface area contributed by atoms with E-state index in [2.05, 4.69) is 10.6 Å². The van der Waals surface area contributed by atoms with E-state index in [0.717, 1.165) is 18.4 Å². The molecule has 1 aromatic carbocycles. The van der Waals surface area contributed by atoms with E-state index in [1.54, 1.807) is 28.7 Å². The number of carbonyl (C=O) groups excluding carboxylic acids is 5. The van der Waals surface area contributed by atoms with Gasteiger partial charge in [-0.25, -0.2) is 4.79 Å². The first-order valence-electron chi connectivity index (χ1n) is 23.4. The second-order valence-electron chi connectivity index (χ2n) is 19.8. The molecule has 1 aliphatic rings. The molecule has 1 aromatic rings. The van der Waals surface area contributed by atoms with Crippen molar-refractivity contribution in [3.63, 3.8) is 0 Å². The molecule has 9 atom stereocenters. The van der Waals surface area contributed by atoms with Gasteiger partial charge in [0.2, 0.25) is 29.5 Å². The van der Waals surface area contributed by atoms with Gasteiger partial charge in [-0.2, -0.15) is 0 Å². The SMILES string of the molecule is CC[C@H](C)[C@@H]([C@@H](CC(=O)N1CCC[C@H]1[C@H](OC)[C@@H](C)C(=O)N[C@@H](Cc1ccccc1)C(=O)O)OC)N(C)C(=O)[C@@H](NC(=O)[C@H](C(C)C)N(C)CCCCN(C)C(=O)C(C)(C)C)C(C)C. The molecule has 0 bridgehead atoms. The third-order valence-electron chi connectivity index (χ3n) is 13.0. The number of carbonyl (C=O) groups is 6. The largest absolute Gasteiger partial charge is 0.480 e. The van der Waals surface area contributed by atoms with Gasteiger partial charge in [-0.1, -0.05) is 106 Å². The van der Waals surface area contributed by atoms with Crippen LogP contribution in [-0.2, 0) is 44.7 Å². The molecule has 0 unspecified atom stereocenters. The Morgan fingerprint density at radius 2 is 1.47 bits per heavy atom. The van der Waals surface area contributed by atoms with Crippen molar-refractivity contribution >= 4 is 35.5 Å². The van der Waals surface area contributed by atoms with Crippen LogP contribution in [0.1, 0.15) is 113 Å². The molecule has 0 aromatic heterocycles. The van der Waals surface area contributed by atoms with Gasteiger partial charge in [-0.3, -0.25) is 28.9 Å². The first-order chi connectivity index (χ1) is 29.9. The van der Waals surface area contributed by atoms with Crippen LogP contribution in [0.2, 0.25) is 0 Å². The van der Waals surface area contributed by atoms with E-state index in [0.29, 0.717) is 38.9 Å². The number of likely N-dealkylation sites (N-methyl/N-ethyl adjacent to an activating group) is 2. The minimum absolute atomic E-state index is 0.0338. The molecule has 64 heavy (non-hydrogen) atoms. The molecular weight excluding hydrogens is 817 g/mol. The summed E-state index contributed by atoms with van der Waals surface area (Å²) in [6.07, 6.45) is 2.26. The van der Waals surface area contributed by atoms with Gasteiger partial charge in [-0.15, -0.1) is 0 Å². The number of hydrogen-bond donors (Lipinski definition) is 3. The van der Waals surface area contributed by atoms with E-state index in [9.17, 15) is 33.9 Å². The van der Waals surface area contributed by atoms with E-state index in [4.69, 9.17) is 9.47 Å². The molecule has 1 fully saturated rings. The molecule has 15 heteroatoms. The summed E-state index contributed by atoms with van der Waals surface area (Å²) in [4.78, 5) is 88.5. The van der Waals surface area contributed by atoms with Crippen molar-refractivity contribution in [1.29, 1.82) is 0 Å². The lowest BCUT2D eigenvalue weighted by atomic mass is 9.89. The fourth-order valence-electron chi connectivity index (χ4n) is 9.17. The van der Waals surface area contributed by atoms with Gasteiger partial charge in [0, 0.05) is 53.2 Å². The zero-order chi connectivity index (χ0) is 48.6. The maximum atomic E-state index is 14.6. The highest BCUT2D eigenvalue weighted by molar-refractivity contribution is 5.90. The van der Waals surface area contributed by atoms with Gasteiger partial charge in [0.1, 0.15) is 12.1 Å². The van der Waals surface area contributed by atoms with Crippen molar-refractivity contribution in [1.82, 2.24) is 30.2 Å². The minimum Gasteiger partial charge on any atom is -0.480 e. The molecule has 1 saturated heterocycles. The fourth-order valence-corrected chi connectivity index (χ4v) is 9.17. The van der Waals surface area contributed by atoms with Gasteiger partial charge in [0.25, 0.3) is 0 Å². The molecule has 1 aliphatic heterocycles. The topological polar surface area (TPSA) is 178 Å². The van der Waals surface area contributed by atoms with Crippen LogP contribution in [0.4, 0.5) is 0 Å². The molecule has 0 radical (unpaired) electrons. The maximum absolute atomic E-state index is 14.6. The Morgan fingerprint density at radius 3 is 1.98 bits per heavy atom. The smallest absolute Gasteiger partial charge is 0.326 e. The van der Waals surface area contributed by atoms with Crippen LogP contribution in [-0.4, -0.2) is 158 Å². The summed E-state index contributed by atoms with van der Waals surface area (Å²) in [5.41, 5.74) is 0.329. The molecule has 15 nitrogen and oxygen atoms in total. The lowest BCUT2D eigenvalue weighted by Crippen LogP contribution is -2.60. The number of ether oxygens (including phenoxy) is 2. The molecule has 2 rings (SSSR count). The number of nitrogens with zero attached hydrogens (tertiary/aromatic N) is 4. The van der Waals surface area contributed by atoms with E-state index in [1.165, 1.54) is 14.2 Å². The standard InChI is InChI=1S/C49H84N6O9/c1-16-33(6)42(54(13)46(59)40(31(2)3)51-45(58)41(32(4)5)52(11)26-20-21-27-53(12)48(62)49(8,9)10)38(63-14)30-39(56)55-28-22-25-37(55)43(64-15)34(7)44(57)50-36(47(60)61)29-35-23-18-17-19-24-35/h17-19,23-24,31-34,36-38,40-43H,16,20-22,25-30H2,1-15H3,(H,50,57)(H,51,58)(H,60,61)/t33-,34+,36-,37-,38+,40-,41-,42-,43+/m0/s1. The summed E-state index contributed by atoms with van der Waals surface area (Å²) < 4.78 is 12.0. The Balaban J connectivity index is 2.23. The Bertz CT molecular complexity index is 1650. The van der Waals surface area contributed by atoms with E-state index >= 15 is 0 Å². The first kappa shape index (κ1) is 56.1. The van der Waals surface area contributed by atoms with Crippen molar-refractivity contribution in [2.75, 3.05) is 55.0 Å². The highest BCUT2D eigenvalue weighted by atomic mass is 16.5. The summed E-state index contributed by atoms with van der Waals surface area (Å²) in [6.45, 7) is 21.0. The summed E-state index contributed by atoms with van der Waals surface area (Å²) >= 11 is 0. The predicted octanol–water partition coefficient (Wildman–Crippen LogP) is 5.10. The molecular formula is C49H84N6O9. The second-order valence-corrected chi connectivity index (χ2v) is 19.8. The van der Waals surface area contributed by atoms with Gasteiger partial charge >= 0.3 is 5.97 Å². The molecule has 0 saturated carbocycles. The van der Waals surface area contributed by atoms with Gasteiger partial charge in [0.05, 0.1) is 42.7 Å². The van der Waals surface area contributed by atoms with Crippen LogP contribution in [0, 0.1) is 29.1 Å². The minimum atomic E-state index is -1.15. The summed E-state index contributed by atoms with van der Waals surface area (Å²) in [5.74, 6) is -3.38. The predicted molar refractivity (Wildman–Crippen MR) is 250 cm³/mol. The lowest BCUT2D eigenvalue weighted by molar-refractivity contribution is -0.148. The van der Waals surface area contributed by atoms with Gasteiger partial charge in [0.15, 0.2) is 0 Å². The molecule has 3 N–H and O–H groups in total. The number of amides is 5. The van der Waals surface area contributed by atoms with Crippen molar-refractivity contribution < 1.29 is 43.3 Å². The number of unbranched alkanes of at least 4 members (excludes halogenated alkanes) is 1. The number of benzene rings is 1. The summed E-state index contributed by atoms with van der Waals surface area (Å²) in [7, 11) is 8.49. The van der Waals surface area contributed by atoms with Crippen LogP contribution >= 0.6 is 0 Å². The monoisotopic (exact) mass is 901 g/mol. The number of likely N-dealkylation sites (tertiary alicyclic amines) is 1. The lowest BCUT2D eigenvalue weighted by Gasteiger charge is -2.41. The number of carboxylic acids is 1. The van der Waals surface area contributed by atoms with Crippen molar-refractivity contribution in [2.24, 2.45) is 29.1 Å². The van der Waals surface area contributed by atoms with E-state index < -0.39 is 65.6 Å². The molecule has 364 valence electrons.